The first-order valence-electron chi connectivity index (χ1n) is 11.0. The van der Waals surface area contributed by atoms with Gasteiger partial charge in [-0.3, -0.25) is 4.79 Å². The largest absolute Gasteiger partial charge is 0.871 e. The standard InChI is InChI=1S/C17H20N2O.C11H8O3/c1-17(19-16(20)13-18,15-10-6-3-7-11-15)12-14-8-4-2-5-9-14;12-10-8-4-2-1-3-7(8)5-6-9(10)11(13)14/h2-11H,12-13,18H2,1H3,(H,19,20);1-6,12H,(H,13,14)/t17-;/m1./s1. The fourth-order valence-electron chi connectivity index (χ4n) is 3.81. The second kappa shape index (κ2) is 11.1. The number of carbonyl (C=O) groups is 2. The van der Waals surface area contributed by atoms with Crippen LogP contribution in [0.5, 0.6) is 5.75 Å². The molecule has 0 heterocycles. The third-order valence-electron chi connectivity index (χ3n) is 5.56. The van der Waals surface area contributed by atoms with Crippen LogP contribution < -0.4 is 16.2 Å². The number of aromatic carboxylic acids is 1. The lowest BCUT2D eigenvalue weighted by Crippen LogP contribution is -2.60. The summed E-state index contributed by atoms with van der Waals surface area (Å²) in [6, 6.07) is 30.2. The van der Waals surface area contributed by atoms with E-state index in [1.165, 1.54) is 11.6 Å². The first-order valence-corrected chi connectivity index (χ1v) is 11.0. The van der Waals surface area contributed by atoms with Crippen LogP contribution in [-0.4, -0.2) is 23.5 Å². The number of carboxylic acids is 1. The Kier molecular flexibility index (Phi) is 8.01. The molecule has 4 rings (SSSR count). The van der Waals surface area contributed by atoms with Gasteiger partial charge in [-0.2, -0.15) is 0 Å². The Labute approximate surface area is 198 Å². The van der Waals surface area contributed by atoms with E-state index < -0.39 is 17.3 Å². The van der Waals surface area contributed by atoms with Crippen LogP contribution in [0.4, 0.5) is 0 Å². The van der Waals surface area contributed by atoms with Gasteiger partial charge in [0.15, 0.2) is 6.54 Å². The molecule has 0 saturated carbocycles. The highest BCUT2D eigenvalue weighted by Crippen LogP contribution is 2.26. The first kappa shape index (κ1) is 24.5. The van der Waals surface area contributed by atoms with E-state index in [4.69, 9.17) is 5.11 Å². The van der Waals surface area contributed by atoms with Gasteiger partial charge in [0.1, 0.15) is 0 Å². The Bertz CT molecular complexity index is 1260. The summed E-state index contributed by atoms with van der Waals surface area (Å²) in [7, 11) is 0. The minimum absolute atomic E-state index is 0.0349. The van der Waals surface area contributed by atoms with Crippen molar-refractivity contribution in [3.8, 4) is 5.75 Å². The summed E-state index contributed by atoms with van der Waals surface area (Å²) in [4.78, 5) is 22.5. The monoisotopic (exact) mass is 456 g/mol. The topological polar surface area (TPSA) is 117 Å². The van der Waals surface area contributed by atoms with Crippen molar-refractivity contribution in [1.29, 1.82) is 0 Å². The van der Waals surface area contributed by atoms with Gasteiger partial charge in [-0.15, -0.1) is 0 Å². The first-order chi connectivity index (χ1) is 16.3. The number of carbonyl (C=O) groups excluding carboxylic acids is 1. The molecule has 0 aliphatic carbocycles. The zero-order chi connectivity index (χ0) is 24.6. The number of rotatable bonds is 6. The maximum absolute atomic E-state index is 11.8. The van der Waals surface area contributed by atoms with Crippen molar-refractivity contribution in [3.63, 3.8) is 0 Å². The zero-order valence-corrected chi connectivity index (χ0v) is 19.0. The molecule has 5 N–H and O–H groups in total. The maximum Gasteiger partial charge on any atom is 0.335 e. The lowest BCUT2D eigenvalue weighted by atomic mass is 9.85. The average molecular weight is 457 g/mol. The van der Waals surface area contributed by atoms with Crippen LogP contribution in [0.15, 0.2) is 97.1 Å². The molecule has 4 aromatic carbocycles. The number of quaternary nitrogens is 1. The second-order valence-corrected chi connectivity index (χ2v) is 8.13. The smallest absolute Gasteiger partial charge is 0.335 e. The minimum Gasteiger partial charge on any atom is -0.871 e. The maximum atomic E-state index is 11.8. The van der Waals surface area contributed by atoms with Crippen molar-refractivity contribution in [1.82, 2.24) is 5.32 Å². The Morgan fingerprint density at radius 3 is 2.09 bits per heavy atom. The molecule has 0 radical (unpaired) electrons. The van der Waals surface area contributed by atoms with Gasteiger partial charge < -0.3 is 21.3 Å². The predicted molar refractivity (Wildman–Crippen MR) is 130 cm³/mol. The highest BCUT2D eigenvalue weighted by molar-refractivity contribution is 5.99. The van der Waals surface area contributed by atoms with E-state index >= 15 is 0 Å². The number of fused-ring (bicyclic) bond motifs is 1. The molecule has 0 spiro atoms. The highest BCUT2D eigenvalue weighted by atomic mass is 16.4. The minimum atomic E-state index is -1.18. The van der Waals surface area contributed by atoms with Crippen molar-refractivity contribution in [3.05, 3.63) is 114 Å². The Morgan fingerprint density at radius 1 is 0.882 bits per heavy atom. The molecule has 34 heavy (non-hydrogen) atoms. The molecular formula is C28H28N2O4. The molecule has 0 saturated heterocycles. The molecule has 4 aromatic rings. The Hall–Kier alpha value is -4.16. The summed E-state index contributed by atoms with van der Waals surface area (Å²) in [5.74, 6) is -1.64. The van der Waals surface area contributed by atoms with Crippen molar-refractivity contribution < 1.29 is 25.5 Å². The number of nitrogens with one attached hydrogen (secondary N) is 1. The molecule has 0 aromatic heterocycles. The van der Waals surface area contributed by atoms with Gasteiger partial charge >= 0.3 is 5.97 Å². The molecule has 6 nitrogen and oxygen atoms in total. The van der Waals surface area contributed by atoms with Crippen molar-refractivity contribution in [2.24, 2.45) is 0 Å². The van der Waals surface area contributed by atoms with Crippen LogP contribution >= 0.6 is 0 Å². The second-order valence-electron chi connectivity index (χ2n) is 8.13. The van der Waals surface area contributed by atoms with E-state index in [1.54, 1.807) is 24.3 Å². The summed E-state index contributed by atoms with van der Waals surface area (Å²) < 4.78 is 0. The van der Waals surface area contributed by atoms with Crippen LogP contribution in [0.3, 0.4) is 0 Å². The fraction of sp³-hybridized carbons (Fsp3) is 0.143. The molecule has 6 heteroatoms. The molecule has 1 atom stereocenters. The predicted octanol–water partition coefficient (Wildman–Crippen LogP) is 3.11. The van der Waals surface area contributed by atoms with E-state index in [-0.39, 0.29) is 18.0 Å². The van der Waals surface area contributed by atoms with Crippen LogP contribution in [0.1, 0.15) is 28.4 Å². The molecular weight excluding hydrogens is 428 g/mol. The van der Waals surface area contributed by atoms with Gasteiger partial charge in [0, 0.05) is 0 Å². The number of hydrogen-bond donors (Lipinski definition) is 3. The number of benzene rings is 4. The van der Waals surface area contributed by atoms with E-state index in [0.29, 0.717) is 5.39 Å². The van der Waals surface area contributed by atoms with Crippen molar-refractivity contribution >= 4 is 22.6 Å². The summed E-state index contributed by atoms with van der Waals surface area (Å²) >= 11 is 0. The molecule has 0 bridgehead atoms. The molecule has 0 unspecified atom stereocenters. The van der Waals surface area contributed by atoms with Gasteiger partial charge in [-0.1, -0.05) is 96.7 Å². The molecule has 1 amide bonds. The van der Waals surface area contributed by atoms with E-state index in [0.717, 1.165) is 17.4 Å². The van der Waals surface area contributed by atoms with Crippen LogP contribution in [0, 0.1) is 0 Å². The number of hydrogen-bond acceptors (Lipinski definition) is 3. The van der Waals surface area contributed by atoms with Gasteiger partial charge in [-0.25, -0.2) is 4.79 Å². The van der Waals surface area contributed by atoms with E-state index in [1.807, 2.05) is 54.6 Å². The summed E-state index contributed by atoms with van der Waals surface area (Å²) in [6.45, 7) is 2.31. The van der Waals surface area contributed by atoms with Crippen LogP contribution in [-0.2, 0) is 16.8 Å². The van der Waals surface area contributed by atoms with Gasteiger partial charge in [0.2, 0.25) is 0 Å². The lowest BCUT2D eigenvalue weighted by molar-refractivity contribution is -0.355. The third kappa shape index (κ3) is 5.99. The van der Waals surface area contributed by atoms with Crippen LogP contribution in [0.2, 0.25) is 0 Å². The van der Waals surface area contributed by atoms with Crippen molar-refractivity contribution in [2.75, 3.05) is 6.54 Å². The highest BCUT2D eigenvalue weighted by Gasteiger charge is 2.28. The van der Waals surface area contributed by atoms with E-state index in [2.05, 4.69) is 30.1 Å². The lowest BCUT2D eigenvalue weighted by Gasteiger charge is -2.31. The average Bonchev–Trinajstić information content (AvgIpc) is 2.85. The molecule has 0 fully saturated rings. The number of amides is 1. The summed E-state index contributed by atoms with van der Waals surface area (Å²) in [5, 5.41) is 24.6. The molecule has 0 aliphatic heterocycles. The quantitative estimate of drug-likeness (QED) is 0.413. The van der Waals surface area contributed by atoms with Gasteiger partial charge in [0.25, 0.3) is 5.91 Å². The number of carboxylic acid groups (broad SMARTS) is 1. The fourth-order valence-corrected chi connectivity index (χ4v) is 3.81. The summed E-state index contributed by atoms with van der Waals surface area (Å²) in [5.41, 5.74) is 5.36. The van der Waals surface area contributed by atoms with Gasteiger partial charge in [-0.05, 0) is 41.3 Å². The van der Waals surface area contributed by atoms with Gasteiger partial charge in [0.05, 0.1) is 11.1 Å². The normalized spacial score (nSPS) is 12.2. The van der Waals surface area contributed by atoms with Crippen molar-refractivity contribution in [2.45, 2.75) is 18.9 Å². The Balaban J connectivity index is 0.000000202. The summed E-state index contributed by atoms with van der Waals surface area (Å²) in [6.07, 6.45) is 0.754. The van der Waals surface area contributed by atoms with Crippen LogP contribution in [0.25, 0.3) is 10.8 Å². The van der Waals surface area contributed by atoms with E-state index in [9.17, 15) is 14.7 Å². The SMILES string of the molecule is C[C@](Cc1ccccc1)(NC(=O)C[NH3+])c1ccccc1.O=C(O)c1ccc2ccccc2c1[O-]. The Morgan fingerprint density at radius 2 is 1.47 bits per heavy atom. The molecule has 174 valence electrons. The molecule has 0 aliphatic rings. The third-order valence-corrected chi connectivity index (χ3v) is 5.56. The zero-order valence-electron chi connectivity index (χ0n) is 19.0.